The maximum Gasteiger partial charge on any atom is 0.124 e. The maximum atomic E-state index is 13.2. The first-order valence-electron chi connectivity index (χ1n) is 7.23. The van der Waals surface area contributed by atoms with Gasteiger partial charge in [0.15, 0.2) is 0 Å². The van der Waals surface area contributed by atoms with E-state index in [1.54, 1.807) is 6.07 Å². The Balaban J connectivity index is 2.04. The molecule has 0 radical (unpaired) electrons. The largest absolute Gasteiger partial charge is 0.381 e. The summed E-state index contributed by atoms with van der Waals surface area (Å²) in [6, 6.07) is 4.95. The first-order chi connectivity index (χ1) is 9.51. The van der Waals surface area contributed by atoms with Gasteiger partial charge in [-0.1, -0.05) is 35.8 Å². The fourth-order valence-electron chi connectivity index (χ4n) is 2.69. The van der Waals surface area contributed by atoms with E-state index in [0.29, 0.717) is 5.92 Å². The van der Waals surface area contributed by atoms with Crippen LogP contribution < -0.4 is 5.32 Å². The van der Waals surface area contributed by atoms with Crippen molar-refractivity contribution in [3.05, 3.63) is 34.1 Å². The van der Waals surface area contributed by atoms with Crippen molar-refractivity contribution in [2.24, 2.45) is 11.3 Å². The third kappa shape index (κ3) is 4.27. The van der Waals surface area contributed by atoms with Crippen molar-refractivity contribution in [1.29, 1.82) is 0 Å². The lowest BCUT2D eigenvalue weighted by atomic mass is 9.80. The van der Waals surface area contributed by atoms with E-state index in [1.165, 1.54) is 6.07 Å². The van der Waals surface area contributed by atoms with E-state index in [0.717, 1.165) is 49.2 Å². The molecule has 2 nitrogen and oxygen atoms in total. The molecule has 1 aromatic rings. The second kappa shape index (κ2) is 7.01. The lowest BCUT2D eigenvalue weighted by molar-refractivity contribution is 0.148. The number of halogens is 2. The molecule has 1 fully saturated rings. The highest BCUT2D eigenvalue weighted by Gasteiger charge is 2.35. The summed E-state index contributed by atoms with van der Waals surface area (Å²) >= 11 is 3.47. The van der Waals surface area contributed by atoms with Crippen molar-refractivity contribution in [1.82, 2.24) is 5.32 Å². The summed E-state index contributed by atoms with van der Waals surface area (Å²) in [5.74, 6) is 0.446. The summed E-state index contributed by atoms with van der Waals surface area (Å²) in [7, 11) is 0. The number of rotatable bonds is 6. The fraction of sp³-hybridized carbons (Fsp3) is 0.625. The first-order valence-corrected chi connectivity index (χ1v) is 8.02. The second-order valence-electron chi connectivity index (χ2n) is 6.24. The Labute approximate surface area is 129 Å². The smallest absolute Gasteiger partial charge is 0.124 e. The second-order valence-corrected chi connectivity index (χ2v) is 7.09. The van der Waals surface area contributed by atoms with Gasteiger partial charge in [0.25, 0.3) is 0 Å². The molecule has 0 amide bonds. The monoisotopic (exact) mass is 343 g/mol. The molecule has 1 saturated heterocycles. The molecule has 20 heavy (non-hydrogen) atoms. The minimum absolute atomic E-state index is 0.134. The summed E-state index contributed by atoms with van der Waals surface area (Å²) in [5.41, 5.74) is 1.29. The van der Waals surface area contributed by atoms with Gasteiger partial charge in [-0.2, -0.15) is 0 Å². The highest BCUT2D eigenvalue weighted by atomic mass is 79.9. The average molecular weight is 344 g/mol. The van der Waals surface area contributed by atoms with Crippen LogP contribution in [0.25, 0.3) is 0 Å². The number of nitrogens with one attached hydrogen (secondary N) is 1. The third-order valence-corrected chi connectivity index (χ3v) is 4.56. The first kappa shape index (κ1) is 15.9. The van der Waals surface area contributed by atoms with E-state index in [2.05, 4.69) is 35.1 Å². The number of hydrogen-bond acceptors (Lipinski definition) is 2. The lowest BCUT2D eigenvalue weighted by Gasteiger charge is -2.29. The molecular formula is C16H23BrFNO. The Morgan fingerprint density at radius 1 is 1.45 bits per heavy atom. The molecule has 1 heterocycles. The van der Waals surface area contributed by atoms with Crippen molar-refractivity contribution < 1.29 is 9.13 Å². The van der Waals surface area contributed by atoms with E-state index in [1.807, 2.05) is 6.07 Å². The highest BCUT2D eigenvalue weighted by molar-refractivity contribution is 9.10. The maximum absolute atomic E-state index is 13.2. The Bertz CT molecular complexity index is 444. The molecule has 1 N–H and O–H groups in total. The summed E-state index contributed by atoms with van der Waals surface area (Å²) < 4.78 is 19.7. The van der Waals surface area contributed by atoms with Gasteiger partial charge < -0.3 is 10.1 Å². The van der Waals surface area contributed by atoms with Crippen LogP contribution in [-0.2, 0) is 11.2 Å². The summed E-state index contributed by atoms with van der Waals surface area (Å²) in [5, 5.41) is 3.55. The minimum atomic E-state index is -0.199. The van der Waals surface area contributed by atoms with E-state index in [9.17, 15) is 4.39 Å². The molecule has 4 heteroatoms. The van der Waals surface area contributed by atoms with Crippen LogP contribution in [0.1, 0.15) is 25.8 Å². The number of benzene rings is 1. The Hall–Kier alpha value is -0.450. The summed E-state index contributed by atoms with van der Waals surface area (Å²) in [6.45, 7) is 7.99. The molecule has 112 valence electrons. The summed E-state index contributed by atoms with van der Waals surface area (Å²) in [4.78, 5) is 0. The van der Waals surface area contributed by atoms with E-state index >= 15 is 0 Å². The van der Waals surface area contributed by atoms with Crippen molar-refractivity contribution >= 4 is 15.9 Å². The standard InChI is InChI=1S/C16H23BrFNO/c1-12(2)9-19-10-16(5-6-20-11-16)8-13-3-4-14(18)7-15(13)17/h3-4,7,12,19H,5-6,8-11H2,1-2H3. The minimum Gasteiger partial charge on any atom is -0.381 e. The van der Waals surface area contributed by atoms with Crippen LogP contribution in [0.2, 0.25) is 0 Å². The fourth-order valence-corrected chi connectivity index (χ4v) is 3.18. The molecule has 0 aliphatic carbocycles. The number of hydrogen-bond donors (Lipinski definition) is 1. The van der Waals surface area contributed by atoms with Crippen molar-refractivity contribution in [3.8, 4) is 0 Å². The molecule has 0 spiro atoms. The SMILES string of the molecule is CC(C)CNCC1(Cc2ccc(F)cc2Br)CCOC1. The quantitative estimate of drug-likeness (QED) is 0.848. The zero-order valence-corrected chi connectivity index (χ0v) is 13.8. The van der Waals surface area contributed by atoms with E-state index in [4.69, 9.17) is 4.74 Å². The van der Waals surface area contributed by atoms with Crippen LogP contribution in [0.5, 0.6) is 0 Å². The third-order valence-electron chi connectivity index (χ3n) is 3.82. The predicted octanol–water partition coefficient (Wildman–Crippen LogP) is 3.78. The Morgan fingerprint density at radius 3 is 2.85 bits per heavy atom. The average Bonchev–Trinajstić information content (AvgIpc) is 2.81. The van der Waals surface area contributed by atoms with Gasteiger partial charge in [0.05, 0.1) is 6.61 Å². The molecule has 1 aromatic carbocycles. The number of ether oxygens (including phenoxy) is 1. The molecular weight excluding hydrogens is 321 g/mol. The van der Waals surface area contributed by atoms with Crippen molar-refractivity contribution in [2.45, 2.75) is 26.7 Å². The van der Waals surface area contributed by atoms with Crippen molar-refractivity contribution in [3.63, 3.8) is 0 Å². The van der Waals surface area contributed by atoms with Gasteiger partial charge >= 0.3 is 0 Å². The van der Waals surface area contributed by atoms with Gasteiger partial charge in [-0.25, -0.2) is 4.39 Å². The molecule has 2 rings (SSSR count). The molecule has 0 bridgehead atoms. The molecule has 1 aliphatic heterocycles. The Kier molecular flexibility index (Phi) is 5.58. The zero-order valence-electron chi connectivity index (χ0n) is 12.2. The zero-order chi connectivity index (χ0) is 14.6. The van der Waals surface area contributed by atoms with Gasteiger partial charge in [-0.3, -0.25) is 0 Å². The van der Waals surface area contributed by atoms with Crippen LogP contribution in [0.3, 0.4) is 0 Å². The van der Waals surface area contributed by atoms with Crippen LogP contribution in [0.4, 0.5) is 4.39 Å². The van der Waals surface area contributed by atoms with Gasteiger partial charge in [0.1, 0.15) is 5.82 Å². The van der Waals surface area contributed by atoms with E-state index in [-0.39, 0.29) is 11.2 Å². The van der Waals surface area contributed by atoms with E-state index < -0.39 is 0 Å². The van der Waals surface area contributed by atoms with Gasteiger partial charge in [-0.05, 0) is 43.0 Å². The van der Waals surface area contributed by atoms with Crippen LogP contribution in [0, 0.1) is 17.2 Å². The van der Waals surface area contributed by atoms with Crippen molar-refractivity contribution in [2.75, 3.05) is 26.3 Å². The van der Waals surface area contributed by atoms with Crippen LogP contribution in [-0.4, -0.2) is 26.3 Å². The molecule has 0 aromatic heterocycles. The molecule has 1 aliphatic rings. The lowest BCUT2D eigenvalue weighted by Crippen LogP contribution is -2.38. The topological polar surface area (TPSA) is 21.3 Å². The molecule has 1 atom stereocenters. The summed E-state index contributed by atoms with van der Waals surface area (Å²) in [6.07, 6.45) is 1.97. The highest BCUT2D eigenvalue weighted by Crippen LogP contribution is 2.34. The van der Waals surface area contributed by atoms with Gasteiger partial charge in [0, 0.05) is 23.0 Å². The Morgan fingerprint density at radius 2 is 2.25 bits per heavy atom. The van der Waals surface area contributed by atoms with Crippen LogP contribution >= 0.6 is 15.9 Å². The molecule has 0 saturated carbocycles. The molecule has 1 unspecified atom stereocenters. The van der Waals surface area contributed by atoms with Gasteiger partial charge in [-0.15, -0.1) is 0 Å². The van der Waals surface area contributed by atoms with Gasteiger partial charge in [0.2, 0.25) is 0 Å². The predicted molar refractivity (Wildman–Crippen MR) is 83.4 cm³/mol. The normalized spacial score (nSPS) is 22.6. The van der Waals surface area contributed by atoms with Crippen LogP contribution in [0.15, 0.2) is 22.7 Å².